The number of rotatable bonds is 14. The average Bonchev–Trinajstić information content (AvgIpc) is 3.82. The number of phenols is 2. The van der Waals surface area contributed by atoms with E-state index < -0.39 is 77.6 Å². The number of benzene rings is 4. The quantitative estimate of drug-likeness (QED) is 0.0854. The van der Waals surface area contributed by atoms with Crippen LogP contribution in [0.1, 0.15) is 79.9 Å². The van der Waals surface area contributed by atoms with E-state index in [-0.39, 0.29) is 59.6 Å². The molecule has 6 unspecified atom stereocenters. The Kier molecular flexibility index (Phi) is 16.2. The molecule has 1 saturated heterocycles. The van der Waals surface area contributed by atoms with Crippen molar-refractivity contribution >= 4 is 53.0 Å². The molecule has 0 spiro atoms. The van der Waals surface area contributed by atoms with Crippen LogP contribution >= 0.6 is 11.6 Å². The molecule has 7 amide bonds. The number of halogens is 1. The number of aromatic hydroxyl groups is 2. The number of amides is 7. The van der Waals surface area contributed by atoms with Crippen molar-refractivity contribution in [3.8, 4) is 33.8 Å². The monoisotopic (exact) mass is 936 g/mol. The number of carbonyl (C=O) groups is 7. The molecule has 1 fully saturated rings. The number of carbonyl (C=O) groups excluding carboxylic acids is 7. The zero-order valence-electron chi connectivity index (χ0n) is 37.6. The average molecular weight is 937 g/mol. The second kappa shape index (κ2) is 22.0. The van der Waals surface area contributed by atoms with Gasteiger partial charge in [-0.1, -0.05) is 54.9 Å². The number of nitrogens with one attached hydrogen (secondary N) is 4. The Morgan fingerprint density at radius 3 is 2.13 bits per heavy atom. The van der Waals surface area contributed by atoms with E-state index in [2.05, 4.69) is 21.3 Å². The summed E-state index contributed by atoms with van der Waals surface area (Å²) in [6.45, 7) is 3.71. The first kappa shape index (κ1) is 49.5. The van der Waals surface area contributed by atoms with Crippen LogP contribution < -0.4 is 32.7 Å². The molecule has 6 atom stereocenters. The number of primary amides is 1. The predicted octanol–water partition coefficient (Wildman–Crippen LogP) is 3.43. The number of hydrogen-bond donors (Lipinski definition) is 8. The highest BCUT2D eigenvalue weighted by atomic mass is 35.5. The molecule has 4 aromatic carbocycles. The Balaban J connectivity index is 1.30. The summed E-state index contributed by atoms with van der Waals surface area (Å²) in [5.74, 6) is -5.20. The normalized spacial score (nSPS) is 19.2. The lowest BCUT2D eigenvalue weighted by Crippen LogP contribution is -2.58. The molecule has 354 valence electrons. The predicted molar refractivity (Wildman–Crippen MR) is 251 cm³/mol. The molecule has 2 heterocycles. The van der Waals surface area contributed by atoms with Crippen molar-refractivity contribution in [2.24, 2.45) is 11.5 Å². The van der Waals surface area contributed by atoms with Gasteiger partial charge in [-0.25, -0.2) is 0 Å². The number of nitrogens with zero attached hydrogens (tertiary/aromatic N) is 2. The largest absolute Gasteiger partial charge is 0.507 e. The van der Waals surface area contributed by atoms with Crippen LogP contribution in [0.2, 0.25) is 5.02 Å². The van der Waals surface area contributed by atoms with Crippen LogP contribution in [0.3, 0.4) is 0 Å². The summed E-state index contributed by atoms with van der Waals surface area (Å²) in [5.41, 5.74) is 14.2. The summed E-state index contributed by atoms with van der Waals surface area (Å²) in [5, 5.41) is 33.9. The minimum atomic E-state index is -1.46. The summed E-state index contributed by atoms with van der Waals surface area (Å²) >= 11 is 6.05. The van der Waals surface area contributed by atoms with E-state index in [1.165, 1.54) is 55.3 Å². The molecule has 67 heavy (non-hydrogen) atoms. The van der Waals surface area contributed by atoms with Gasteiger partial charge in [0, 0.05) is 41.7 Å². The van der Waals surface area contributed by atoms with Crippen LogP contribution in [-0.2, 0) is 35.2 Å². The summed E-state index contributed by atoms with van der Waals surface area (Å²) in [6, 6.07) is 15.6. The molecule has 0 saturated carbocycles. The fourth-order valence-electron chi connectivity index (χ4n) is 8.47. The number of phenolic OH excluding ortho intramolecular Hbond substituents is 2. The van der Waals surface area contributed by atoms with E-state index >= 15 is 0 Å². The number of likely N-dealkylation sites (N-methyl/N-ethyl adjacent to an activating group) is 1. The number of unbranched alkanes of at least 4 members (excludes halogenated alkanes) is 1. The summed E-state index contributed by atoms with van der Waals surface area (Å²) in [4.78, 5) is 99.2. The van der Waals surface area contributed by atoms with Crippen molar-refractivity contribution in [3.05, 3.63) is 107 Å². The number of hydrogen-bond acceptors (Lipinski definition) is 10. The fourth-order valence-corrected chi connectivity index (χ4v) is 8.60. The third-order valence-corrected chi connectivity index (χ3v) is 12.5. The maximum Gasteiger partial charge on any atom is 0.251 e. The van der Waals surface area contributed by atoms with Crippen molar-refractivity contribution < 1.29 is 43.8 Å². The van der Waals surface area contributed by atoms with Crippen LogP contribution in [0, 0.1) is 0 Å². The maximum atomic E-state index is 14.6. The van der Waals surface area contributed by atoms with E-state index in [1.54, 1.807) is 43.3 Å². The number of fused-ring (bicyclic) bond motifs is 5. The van der Waals surface area contributed by atoms with Crippen molar-refractivity contribution in [1.29, 1.82) is 0 Å². The molecular formula is C49H57ClN8O9. The van der Waals surface area contributed by atoms with Gasteiger partial charge in [-0.15, -0.1) is 0 Å². The first-order valence-corrected chi connectivity index (χ1v) is 22.7. The lowest BCUT2D eigenvalue weighted by atomic mass is 9.93. The van der Waals surface area contributed by atoms with E-state index in [4.69, 9.17) is 23.1 Å². The van der Waals surface area contributed by atoms with E-state index in [0.29, 0.717) is 42.8 Å². The van der Waals surface area contributed by atoms with Crippen LogP contribution in [0.5, 0.6) is 11.5 Å². The van der Waals surface area contributed by atoms with Gasteiger partial charge in [0.25, 0.3) is 5.91 Å². The molecule has 2 aliphatic rings. The topological polar surface area (TPSA) is 267 Å². The third kappa shape index (κ3) is 11.7. The molecule has 0 aromatic heterocycles. The minimum absolute atomic E-state index is 0.0896. The second-order valence-electron chi connectivity index (χ2n) is 16.9. The van der Waals surface area contributed by atoms with E-state index in [1.807, 2.05) is 12.1 Å². The lowest BCUT2D eigenvalue weighted by molar-refractivity contribution is -0.142. The van der Waals surface area contributed by atoms with Crippen molar-refractivity contribution in [3.63, 3.8) is 0 Å². The lowest BCUT2D eigenvalue weighted by Gasteiger charge is -2.32. The van der Waals surface area contributed by atoms with Gasteiger partial charge in [-0.3, -0.25) is 33.6 Å². The molecule has 6 rings (SSSR count). The molecule has 2 aliphatic heterocycles. The second-order valence-corrected chi connectivity index (χ2v) is 17.4. The molecule has 0 radical (unpaired) electrons. The van der Waals surface area contributed by atoms with Crippen molar-refractivity contribution in [2.45, 2.75) is 95.0 Å². The molecule has 4 aromatic rings. The van der Waals surface area contributed by atoms with E-state index in [9.17, 15) is 43.8 Å². The summed E-state index contributed by atoms with van der Waals surface area (Å²) < 4.78 is 0. The summed E-state index contributed by atoms with van der Waals surface area (Å²) in [7, 11) is 1.38. The highest BCUT2D eigenvalue weighted by Crippen LogP contribution is 2.39. The molecule has 10 N–H and O–H groups in total. The molecule has 17 nitrogen and oxygen atoms in total. The standard InChI is InChI=1S/C49H57ClN8O9/c1-4-36(49(67)58-23-7-9-39(58)43(52)61)54-46(64)38-25-28-10-20-40(59)34(24-28)35-26-32(17-21-41(35)60)42(47(65)53-27(2)44(62)56-38)57(3)48(66)37(8-5-6-22-51)55-45(63)31-13-11-29(12-14-31)30-15-18-33(50)19-16-30/h10-21,24,26-27,36-39,42,59-60H,4-9,22-23,25,51H2,1-3H3,(H2,52,61)(H,53,65)(H,54,64)(H,55,63)(H,56,62). The summed E-state index contributed by atoms with van der Waals surface area (Å²) in [6.07, 6.45) is 2.14. The zero-order valence-corrected chi connectivity index (χ0v) is 38.3. The highest BCUT2D eigenvalue weighted by molar-refractivity contribution is 6.30. The SMILES string of the molecule is CCC(NC(=O)C1Cc2ccc(O)c(c2)-c2cc(ccc2O)C(N(C)C(=O)C(CCCCN)NC(=O)c2ccc(-c3ccc(Cl)cc3)cc2)C(=O)NC(C)C(=O)N1)C(=O)N1CCCC1C(N)=O. The van der Waals surface area contributed by atoms with Crippen LogP contribution in [0.15, 0.2) is 84.9 Å². The Morgan fingerprint density at radius 2 is 1.49 bits per heavy atom. The van der Waals surface area contributed by atoms with Crippen LogP contribution in [-0.4, -0.2) is 112 Å². The van der Waals surface area contributed by atoms with Gasteiger partial charge in [-0.05, 0) is 123 Å². The molecule has 0 aliphatic carbocycles. The van der Waals surface area contributed by atoms with Gasteiger partial charge < -0.3 is 52.7 Å². The van der Waals surface area contributed by atoms with Crippen molar-refractivity contribution in [2.75, 3.05) is 20.1 Å². The third-order valence-electron chi connectivity index (χ3n) is 12.3. The van der Waals surface area contributed by atoms with Gasteiger partial charge in [-0.2, -0.15) is 0 Å². The molecular weight excluding hydrogens is 880 g/mol. The minimum Gasteiger partial charge on any atom is -0.507 e. The van der Waals surface area contributed by atoms with Gasteiger partial charge in [0.2, 0.25) is 35.4 Å². The van der Waals surface area contributed by atoms with E-state index in [0.717, 1.165) is 16.0 Å². The highest BCUT2D eigenvalue weighted by Gasteiger charge is 2.39. The van der Waals surface area contributed by atoms with Crippen molar-refractivity contribution in [1.82, 2.24) is 31.1 Å². The number of likely N-dealkylation sites (tertiary alicyclic amines) is 1. The number of nitrogens with two attached hydrogens (primary N) is 2. The Hall–Kier alpha value is -6.98. The van der Waals surface area contributed by atoms with Gasteiger partial charge in [0.1, 0.15) is 47.8 Å². The van der Waals surface area contributed by atoms with Crippen LogP contribution in [0.25, 0.3) is 22.3 Å². The molecule has 4 bridgehead atoms. The Morgan fingerprint density at radius 1 is 0.851 bits per heavy atom. The van der Waals surface area contributed by atoms with Gasteiger partial charge in [0.15, 0.2) is 0 Å². The van der Waals surface area contributed by atoms with Gasteiger partial charge >= 0.3 is 0 Å². The fraction of sp³-hybridized carbons (Fsp3) is 0.367. The first-order chi connectivity index (χ1) is 32.0. The van der Waals surface area contributed by atoms with Crippen LogP contribution in [0.4, 0.5) is 0 Å². The zero-order chi connectivity index (χ0) is 48.5. The first-order valence-electron chi connectivity index (χ1n) is 22.3. The molecule has 18 heteroatoms. The van der Waals surface area contributed by atoms with Gasteiger partial charge in [0.05, 0.1) is 0 Å². The Labute approximate surface area is 393 Å². The maximum absolute atomic E-state index is 14.6. The Bertz CT molecular complexity index is 2500. The smallest absolute Gasteiger partial charge is 0.251 e.